The molecule has 2 aromatic rings. The van der Waals surface area contributed by atoms with Gasteiger partial charge in [0.25, 0.3) is 5.91 Å². The Morgan fingerprint density at radius 1 is 1.25 bits per heavy atom. The molecule has 20 heavy (non-hydrogen) atoms. The quantitative estimate of drug-likeness (QED) is 0.599. The third kappa shape index (κ3) is 3.29. The van der Waals surface area contributed by atoms with Crippen molar-refractivity contribution in [3.05, 3.63) is 64.2 Å². The molecule has 0 aliphatic carbocycles. The Morgan fingerprint density at radius 3 is 2.70 bits per heavy atom. The molecule has 0 saturated heterocycles. The molecule has 0 radical (unpaired) electrons. The maximum atomic E-state index is 12.2. The van der Waals surface area contributed by atoms with Crippen LogP contribution in [-0.2, 0) is 6.54 Å². The number of carbonyl (C=O) groups excluding carboxylic acids is 1. The summed E-state index contributed by atoms with van der Waals surface area (Å²) in [6.07, 6.45) is 0. The largest absolute Gasteiger partial charge is 0.348 e. The summed E-state index contributed by atoms with van der Waals surface area (Å²) in [4.78, 5) is 12.2. The first kappa shape index (κ1) is 14.4. The summed E-state index contributed by atoms with van der Waals surface area (Å²) in [6, 6.07) is 12.9. The Hall–Kier alpha value is -2.04. The van der Waals surface area contributed by atoms with E-state index in [2.05, 4.69) is 10.7 Å². The Bertz CT molecular complexity index is 628. The van der Waals surface area contributed by atoms with E-state index in [9.17, 15) is 4.79 Å². The third-order valence-corrected chi connectivity index (χ3v) is 3.34. The summed E-state index contributed by atoms with van der Waals surface area (Å²) in [5.74, 6) is 5.23. The standard InChI is InChI=1S/C15H16ClN3O/c1-10-6-7-14(19-17)12(8-10)15(20)18-9-11-4-2-3-5-13(11)16/h2-8,19H,9,17H2,1H3,(H,18,20). The minimum atomic E-state index is -0.193. The number of anilines is 1. The van der Waals surface area contributed by atoms with Crippen LogP contribution in [0.15, 0.2) is 42.5 Å². The van der Waals surface area contributed by atoms with Gasteiger partial charge in [0.05, 0.1) is 11.3 Å². The van der Waals surface area contributed by atoms with Crippen molar-refractivity contribution < 1.29 is 4.79 Å². The summed E-state index contributed by atoms with van der Waals surface area (Å²) in [6.45, 7) is 2.29. The molecule has 0 spiro atoms. The maximum absolute atomic E-state index is 12.2. The van der Waals surface area contributed by atoms with Gasteiger partial charge in [0.15, 0.2) is 0 Å². The average Bonchev–Trinajstić information content (AvgIpc) is 2.46. The van der Waals surface area contributed by atoms with Gasteiger partial charge in [-0.05, 0) is 30.7 Å². The lowest BCUT2D eigenvalue weighted by atomic mass is 10.1. The van der Waals surface area contributed by atoms with Crippen LogP contribution in [0.1, 0.15) is 21.5 Å². The normalized spacial score (nSPS) is 10.2. The van der Waals surface area contributed by atoms with Crippen molar-refractivity contribution in [3.8, 4) is 0 Å². The molecule has 2 rings (SSSR count). The van der Waals surface area contributed by atoms with E-state index in [1.165, 1.54) is 0 Å². The lowest BCUT2D eigenvalue weighted by Crippen LogP contribution is -2.25. The zero-order valence-corrected chi connectivity index (χ0v) is 11.9. The van der Waals surface area contributed by atoms with E-state index < -0.39 is 0 Å². The predicted molar refractivity (Wildman–Crippen MR) is 81.6 cm³/mol. The molecule has 4 N–H and O–H groups in total. The lowest BCUT2D eigenvalue weighted by Gasteiger charge is -2.11. The summed E-state index contributed by atoms with van der Waals surface area (Å²) in [5, 5.41) is 3.47. The number of nitrogen functional groups attached to an aromatic ring is 1. The van der Waals surface area contributed by atoms with E-state index in [-0.39, 0.29) is 5.91 Å². The van der Waals surface area contributed by atoms with Gasteiger partial charge < -0.3 is 10.7 Å². The van der Waals surface area contributed by atoms with Crippen LogP contribution in [0.5, 0.6) is 0 Å². The number of hydrazine groups is 1. The molecule has 0 aliphatic heterocycles. The van der Waals surface area contributed by atoms with E-state index in [0.29, 0.717) is 22.8 Å². The van der Waals surface area contributed by atoms with Crippen molar-refractivity contribution in [1.82, 2.24) is 5.32 Å². The smallest absolute Gasteiger partial charge is 0.253 e. The highest BCUT2D eigenvalue weighted by molar-refractivity contribution is 6.31. The number of halogens is 1. The van der Waals surface area contributed by atoms with Gasteiger partial charge in [0.1, 0.15) is 0 Å². The highest BCUT2D eigenvalue weighted by Gasteiger charge is 2.11. The molecule has 1 amide bonds. The van der Waals surface area contributed by atoms with Crippen molar-refractivity contribution in [2.75, 3.05) is 5.43 Å². The topological polar surface area (TPSA) is 67.1 Å². The van der Waals surface area contributed by atoms with Gasteiger partial charge in [-0.3, -0.25) is 10.6 Å². The first-order chi connectivity index (χ1) is 9.61. The number of hydrogen-bond donors (Lipinski definition) is 3. The minimum Gasteiger partial charge on any atom is -0.348 e. The first-order valence-corrected chi connectivity index (χ1v) is 6.58. The number of nitrogens with one attached hydrogen (secondary N) is 2. The molecule has 0 atom stereocenters. The number of rotatable bonds is 4. The van der Waals surface area contributed by atoms with Crippen LogP contribution < -0.4 is 16.6 Å². The molecule has 0 heterocycles. The number of benzene rings is 2. The van der Waals surface area contributed by atoms with Crippen LogP contribution in [0.2, 0.25) is 5.02 Å². The van der Waals surface area contributed by atoms with E-state index in [0.717, 1.165) is 11.1 Å². The van der Waals surface area contributed by atoms with Crippen molar-refractivity contribution in [3.63, 3.8) is 0 Å². The molecule has 0 saturated carbocycles. The monoisotopic (exact) mass is 289 g/mol. The van der Waals surface area contributed by atoms with Crippen molar-refractivity contribution in [2.24, 2.45) is 5.84 Å². The van der Waals surface area contributed by atoms with Gasteiger partial charge >= 0.3 is 0 Å². The van der Waals surface area contributed by atoms with E-state index >= 15 is 0 Å². The van der Waals surface area contributed by atoms with Gasteiger partial charge in [-0.2, -0.15) is 0 Å². The van der Waals surface area contributed by atoms with Gasteiger partial charge in [0.2, 0.25) is 0 Å². The molecule has 0 bridgehead atoms. The van der Waals surface area contributed by atoms with Gasteiger partial charge in [0, 0.05) is 11.6 Å². The average molecular weight is 290 g/mol. The SMILES string of the molecule is Cc1ccc(NN)c(C(=O)NCc2ccccc2Cl)c1. The lowest BCUT2D eigenvalue weighted by molar-refractivity contribution is 0.0951. The number of aryl methyl sites for hydroxylation is 1. The second-order valence-corrected chi connectivity index (χ2v) is 4.87. The Morgan fingerprint density at radius 2 is 2.00 bits per heavy atom. The molecule has 104 valence electrons. The highest BCUT2D eigenvalue weighted by Crippen LogP contribution is 2.18. The van der Waals surface area contributed by atoms with Crippen LogP contribution in [0.4, 0.5) is 5.69 Å². The fourth-order valence-electron chi connectivity index (χ4n) is 1.88. The molecule has 0 unspecified atom stereocenters. The second-order valence-electron chi connectivity index (χ2n) is 4.47. The molecule has 0 fully saturated rings. The van der Waals surface area contributed by atoms with Crippen molar-refractivity contribution in [1.29, 1.82) is 0 Å². The zero-order valence-electron chi connectivity index (χ0n) is 11.1. The Kier molecular flexibility index (Phi) is 4.61. The van der Waals surface area contributed by atoms with Gasteiger partial charge in [-0.1, -0.05) is 41.4 Å². The fraction of sp³-hybridized carbons (Fsp3) is 0.133. The molecular formula is C15H16ClN3O. The highest BCUT2D eigenvalue weighted by atomic mass is 35.5. The summed E-state index contributed by atoms with van der Waals surface area (Å²) >= 11 is 6.05. The van der Waals surface area contributed by atoms with E-state index in [1.807, 2.05) is 31.2 Å². The zero-order chi connectivity index (χ0) is 14.5. The maximum Gasteiger partial charge on any atom is 0.253 e. The Labute approximate surface area is 122 Å². The molecule has 0 aromatic heterocycles. The number of carbonyl (C=O) groups is 1. The van der Waals surface area contributed by atoms with Crippen LogP contribution >= 0.6 is 11.6 Å². The summed E-state index contributed by atoms with van der Waals surface area (Å²) < 4.78 is 0. The van der Waals surface area contributed by atoms with Crippen molar-refractivity contribution >= 4 is 23.2 Å². The molecule has 0 aliphatic rings. The van der Waals surface area contributed by atoms with Crippen LogP contribution in [0, 0.1) is 6.92 Å². The van der Waals surface area contributed by atoms with Gasteiger partial charge in [-0.25, -0.2) is 0 Å². The van der Waals surface area contributed by atoms with Crippen molar-refractivity contribution in [2.45, 2.75) is 13.5 Å². The van der Waals surface area contributed by atoms with Crippen LogP contribution in [-0.4, -0.2) is 5.91 Å². The second kappa shape index (κ2) is 6.41. The number of amides is 1. The molecular weight excluding hydrogens is 274 g/mol. The van der Waals surface area contributed by atoms with Crippen LogP contribution in [0.25, 0.3) is 0 Å². The number of hydrogen-bond acceptors (Lipinski definition) is 3. The fourth-order valence-corrected chi connectivity index (χ4v) is 2.09. The summed E-state index contributed by atoms with van der Waals surface area (Å²) in [7, 11) is 0. The molecule has 2 aromatic carbocycles. The molecule has 4 nitrogen and oxygen atoms in total. The van der Waals surface area contributed by atoms with E-state index in [1.54, 1.807) is 18.2 Å². The first-order valence-electron chi connectivity index (χ1n) is 6.20. The molecule has 5 heteroatoms. The van der Waals surface area contributed by atoms with Crippen LogP contribution in [0.3, 0.4) is 0 Å². The number of nitrogens with two attached hydrogens (primary N) is 1. The third-order valence-electron chi connectivity index (χ3n) is 2.97. The Balaban J connectivity index is 2.13. The van der Waals surface area contributed by atoms with Gasteiger partial charge in [-0.15, -0.1) is 0 Å². The minimum absolute atomic E-state index is 0.193. The van der Waals surface area contributed by atoms with E-state index in [4.69, 9.17) is 17.4 Å². The summed E-state index contributed by atoms with van der Waals surface area (Å²) in [5.41, 5.74) is 5.50. The predicted octanol–water partition coefficient (Wildman–Crippen LogP) is 2.86.